The van der Waals surface area contributed by atoms with Gasteiger partial charge in [0.05, 0.1) is 12.4 Å². The van der Waals surface area contributed by atoms with Gasteiger partial charge in [0.1, 0.15) is 10.8 Å². The van der Waals surface area contributed by atoms with Gasteiger partial charge in [0, 0.05) is 12.6 Å². The van der Waals surface area contributed by atoms with Crippen LogP contribution in [0.3, 0.4) is 0 Å². The number of nitrogens with one attached hydrogen (secondary N) is 1. The van der Waals surface area contributed by atoms with Crippen LogP contribution in [0.5, 0.6) is 5.75 Å². The molecule has 0 aliphatic rings. The van der Waals surface area contributed by atoms with E-state index in [9.17, 15) is 4.79 Å². The Kier molecular flexibility index (Phi) is 6.63. The fourth-order valence-electron chi connectivity index (χ4n) is 2.29. The Bertz CT molecular complexity index is 936. The summed E-state index contributed by atoms with van der Waals surface area (Å²) in [6.07, 6.45) is 0. The van der Waals surface area contributed by atoms with Gasteiger partial charge in [0.2, 0.25) is 11.0 Å². The molecule has 2 aromatic heterocycles. The summed E-state index contributed by atoms with van der Waals surface area (Å²) in [7, 11) is 1.88. The lowest BCUT2D eigenvalue weighted by atomic mass is 10.2. The van der Waals surface area contributed by atoms with Gasteiger partial charge in [0.15, 0.2) is 11.0 Å². The van der Waals surface area contributed by atoms with Gasteiger partial charge in [-0.2, -0.15) is 0 Å². The van der Waals surface area contributed by atoms with E-state index >= 15 is 0 Å². The molecular formula is C18H22N6O2S2. The van der Waals surface area contributed by atoms with Crippen molar-refractivity contribution in [2.24, 2.45) is 13.0 Å². The zero-order valence-corrected chi connectivity index (χ0v) is 17.8. The minimum absolute atomic E-state index is 0.155. The molecule has 1 amide bonds. The number of anilines is 1. The molecule has 0 bridgehead atoms. The predicted octanol–water partition coefficient (Wildman–Crippen LogP) is 3.41. The Balaban J connectivity index is 1.59. The van der Waals surface area contributed by atoms with Gasteiger partial charge < -0.3 is 9.30 Å². The van der Waals surface area contributed by atoms with Crippen LogP contribution in [0.25, 0.3) is 11.4 Å². The summed E-state index contributed by atoms with van der Waals surface area (Å²) in [5.74, 6) is 2.10. The zero-order chi connectivity index (χ0) is 20.1. The van der Waals surface area contributed by atoms with Gasteiger partial charge in [-0.3, -0.25) is 10.1 Å². The van der Waals surface area contributed by atoms with E-state index in [0.29, 0.717) is 22.8 Å². The number of carbonyl (C=O) groups excluding carboxylic acids is 1. The molecule has 0 radical (unpaired) electrons. The molecule has 1 aromatic carbocycles. The van der Waals surface area contributed by atoms with Crippen molar-refractivity contribution in [1.82, 2.24) is 25.0 Å². The van der Waals surface area contributed by atoms with E-state index in [4.69, 9.17) is 4.74 Å². The van der Waals surface area contributed by atoms with Gasteiger partial charge in [-0.05, 0) is 37.1 Å². The molecular weight excluding hydrogens is 396 g/mol. The van der Waals surface area contributed by atoms with Gasteiger partial charge >= 0.3 is 0 Å². The third kappa shape index (κ3) is 5.29. The van der Waals surface area contributed by atoms with Crippen molar-refractivity contribution in [2.45, 2.75) is 25.9 Å². The minimum atomic E-state index is -0.155. The molecule has 0 aliphatic heterocycles. The summed E-state index contributed by atoms with van der Waals surface area (Å²) in [5, 5.41) is 20.9. The van der Waals surface area contributed by atoms with Gasteiger partial charge in [-0.25, -0.2) is 0 Å². The second-order valence-electron chi connectivity index (χ2n) is 6.56. The first-order valence-electron chi connectivity index (χ1n) is 8.77. The first kappa shape index (κ1) is 20.3. The maximum atomic E-state index is 12.1. The fourth-order valence-corrected chi connectivity index (χ4v) is 3.61. The molecule has 28 heavy (non-hydrogen) atoms. The number of aryl methyl sites for hydroxylation is 1. The average molecular weight is 419 g/mol. The lowest BCUT2D eigenvalue weighted by molar-refractivity contribution is -0.113. The number of benzene rings is 1. The van der Waals surface area contributed by atoms with Crippen molar-refractivity contribution >= 4 is 34.1 Å². The quantitative estimate of drug-likeness (QED) is 0.560. The molecule has 3 aromatic rings. The molecule has 3 rings (SSSR count). The van der Waals surface area contributed by atoms with Crippen LogP contribution in [0.2, 0.25) is 0 Å². The van der Waals surface area contributed by atoms with Gasteiger partial charge in [-0.15, -0.1) is 20.4 Å². The largest absolute Gasteiger partial charge is 0.493 e. The lowest BCUT2D eigenvalue weighted by Gasteiger charge is -2.09. The van der Waals surface area contributed by atoms with Crippen LogP contribution in [0, 0.1) is 12.8 Å². The van der Waals surface area contributed by atoms with E-state index in [0.717, 1.165) is 22.1 Å². The molecule has 8 nitrogen and oxygen atoms in total. The number of hydrogen-bond acceptors (Lipinski definition) is 8. The van der Waals surface area contributed by atoms with E-state index in [2.05, 4.69) is 39.6 Å². The second kappa shape index (κ2) is 9.16. The van der Waals surface area contributed by atoms with E-state index in [1.165, 1.54) is 23.1 Å². The predicted molar refractivity (Wildman–Crippen MR) is 111 cm³/mol. The number of hydrogen-bond donors (Lipinski definition) is 1. The Morgan fingerprint density at radius 1 is 1.21 bits per heavy atom. The Morgan fingerprint density at radius 3 is 2.61 bits per heavy atom. The third-order valence-electron chi connectivity index (χ3n) is 3.64. The summed E-state index contributed by atoms with van der Waals surface area (Å²) in [5.41, 5.74) is 0.938. The second-order valence-corrected chi connectivity index (χ2v) is 8.68. The molecule has 0 aliphatic carbocycles. The molecule has 10 heteroatoms. The summed E-state index contributed by atoms with van der Waals surface area (Å²) < 4.78 is 7.58. The normalized spacial score (nSPS) is 11.0. The van der Waals surface area contributed by atoms with Crippen molar-refractivity contribution in [1.29, 1.82) is 0 Å². The first-order valence-corrected chi connectivity index (χ1v) is 10.6. The first-order chi connectivity index (χ1) is 13.4. The fraction of sp³-hybridized carbons (Fsp3) is 0.389. The third-order valence-corrected chi connectivity index (χ3v) is 5.41. The molecule has 0 saturated heterocycles. The Hall–Kier alpha value is -2.46. The number of nitrogens with zero attached hydrogens (tertiary/aromatic N) is 5. The van der Waals surface area contributed by atoms with Crippen molar-refractivity contribution < 1.29 is 9.53 Å². The number of carbonyl (C=O) groups is 1. The van der Waals surface area contributed by atoms with Crippen molar-refractivity contribution in [3.05, 3.63) is 29.3 Å². The number of rotatable bonds is 8. The number of amides is 1. The lowest BCUT2D eigenvalue weighted by Crippen LogP contribution is -2.14. The summed E-state index contributed by atoms with van der Waals surface area (Å²) in [4.78, 5) is 12.1. The molecule has 0 unspecified atom stereocenters. The molecule has 0 fully saturated rings. The van der Waals surface area contributed by atoms with Crippen LogP contribution in [0.4, 0.5) is 5.13 Å². The van der Waals surface area contributed by atoms with Crippen LogP contribution in [-0.2, 0) is 11.8 Å². The maximum absolute atomic E-state index is 12.1. The zero-order valence-electron chi connectivity index (χ0n) is 16.2. The average Bonchev–Trinajstić information content (AvgIpc) is 3.24. The van der Waals surface area contributed by atoms with Crippen molar-refractivity contribution in [3.8, 4) is 17.1 Å². The molecule has 2 heterocycles. The summed E-state index contributed by atoms with van der Waals surface area (Å²) in [6.45, 7) is 6.75. The van der Waals surface area contributed by atoms with Gasteiger partial charge in [-0.1, -0.05) is 36.9 Å². The van der Waals surface area contributed by atoms with E-state index in [-0.39, 0.29) is 11.7 Å². The minimum Gasteiger partial charge on any atom is -0.493 e. The highest BCUT2D eigenvalue weighted by Crippen LogP contribution is 2.25. The van der Waals surface area contributed by atoms with E-state index in [1.807, 2.05) is 42.8 Å². The maximum Gasteiger partial charge on any atom is 0.236 e. The SMILES string of the molecule is Cc1nnc(NC(=O)CSc2nnc(-c3ccc(OCC(C)C)cc3)n2C)s1. The smallest absolute Gasteiger partial charge is 0.236 e. The molecule has 0 atom stereocenters. The molecule has 0 spiro atoms. The molecule has 0 saturated carbocycles. The number of aromatic nitrogens is 5. The monoisotopic (exact) mass is 418 g/mol. The Morgan fingerprint density at radius 2 is 1.96 bits per heavy atom. The highest BCUT2D eigenvalue weighted by atomic mass is 32.2. The van der Waals surface area contributed by atoms with Crippen LogP contribution in [0.1, 0.15) is 18.9 Å². The van der Waals surface area contributed by atoms with Crippen LogP contribution in [0.15, 0.2) is 29.4 Å². The highest BCUT2D eigenvalue weighted by molar-refractivity contribution is 7.99. The van der Waals surface area contributed by atoms with Gasteiger partial charge in [0.25, 0.3) is 0 Å². The summed E-state index contributed by atoms with van der Waals surface area (Å²) in [6, 6.07) is 7.77. The highest BCUT2D eigenvalue weighted by Gasteiger charge is 2.14. The molecule has 1 N–H and O–H groups in total. The topological polar surface area (TPSA) is 94.8 Å². The van der Waals surface area contributed by atoms with Crippen molar-refractivity contribution in [2.75, 3.05) is 17.7 Å². The number of ether oxygens (including phenoxy) is 1. The van der Waals surface area contributed by atoms with Crippen molar-refractivity contribution in [3.63, 3.8) is 0 Å². The van der Waals surface area contributed by atoms with Crippen LogP contribution in [-0.4, -0.2) is 43.2 Å². The van der Waals surface area contributed by atoms with E-state index < -0.39 is 0 Å². The molecule has 148 valence electrons. The van der Waals surface area contributed by atoms with Crippen LogP contribution < -0.4 is 10.1 Å². The number of thioether (sulfide) groups is 1. The van der Waals surface area contributed by atoms with E-state index in [1.54, 1.807) is 0 Å². The summed E-state index contributed by atoms with van der Waals surface area (Å²) >= 11 is 2.66. The Labute approximate surface area is 171 Å². The standard InChI is InChI=1S/C18H22N6O2S2/c1-11(2)9-26-14-7-5-13(6-8-14)16-21-23-18(24(16)4)27-10-15(25)19-17-22-20-12(3)28-17/h5-8,11H,9-10H2,1-4H3,(H,19,22,25). The van der Waals surface area contributed by atoms with Crippen LogP contribution >= 0.6 is 23.1 Å².